The largest absolute Gasteiger partial charge is 0.495 e. The van der Waals surface area contributed by atoms with Crippen LogP contribution < -0.4 is 10.1 Å². The van der Waals surface area contributed by atoms with Crippen molar-refractivity contribution in [1.82, 2.24) is 14.9 Å². The lowest BCUT2D eigenvalue weighted by atomic mass is 9.92. The lowest BCUT2D eigenvalue weighted by Crippen LogP contribution is -2.28. The average molecular weight is 245 g/mol. The van der Waals surface area contributed by atoms with Crippen molar-refractivity contribution in [2.75, 3.05) is 20.2 Å². The SMILES string of the molecule is COc1cnc2c(c1)c(C1CCCNC1)cn2C. The summed E-state index contributed by atoms with van der Waals surface area (Å²) in [7, 11) is 3.75. The Morgan fingerprint density at radius 3 is 3.11 bits per heavy atom. The highest BCUT2D eigenvalue weighted by Crippen LogP contribution is 2.32. The van der Waals surface area contributed by atoms with Crippen molar-refractivity contribution in [1.29, 1.82) is 0 Å². The van der Waals surface area contributed by atoms with Gasteiger partial charge in [0.05, 0.1) is 13.3 Å². The zero-order valence-electron chi connectivity index (χ0n) is 10.9. The molecule has 0 aromatic carbocycles. The van der Waals surface area contributed by atoms with Crippen molar-refractivity contribution < 1.29 is 4.74 Å². The van der Waals surface area contributed by atoms with Gasteiger partial charge in [0.2, 0.25) is 0 Å². The van der Waals surface area contributed by atoms with Crippen LogP contribution in [0.1, 0.15) is 24.3 Å². The van der Waals surface area contributed by atoms with E-state index in [1.54, 1.807) is 13.3 Å². The second-order valence-corrected chi connectivity index (χ2v) is 4.98. The van der Waals surface area contributed by atoms with E-state index in [0.717, 1.165) is 24.5 Å². The number of aryl methyl sites for hydroxylation is 1. The van der Waals surface area contributed by atoms with Crippen molar-refractivity contribution in [2.45, 2.75) is 18.8 Å². The molecule has 1 atom stereocenters. The fraction of sp³-hybridized carbons (Fsp3) is 0.500. The number of fused-ring (bicyclic) bond motifs is 1. The molecular formula is C14H19N3O. The molecule has 0 bridgehead atoms. The van der Waals surface area contributed by atoms with Crippen molar-refractivity contribution in [3.8, 4) is 5.75 Å². The van der Waals surface area contributed by atoms with Crippen LogP contribution in [0.4, 0.5) is 0 Å². The normalized spacial score (nSPS) is 20.2. The van der Waals surface area contributed by atoms with Gasteiger partial charge in [0.15, 0.2) is 0 Å². The molecule has 2 aromatic heterocycles. The van der Waals surface area contributed by atoms with Crippen LogP contribution in [0.2, 0.25) is 0 Å². The number of rotatable bonds is 2. The van der Waals surface area contributed by atoms with E-state index in [2.05, 4.69) is 34.2 Å². The first-order valence-electron chi connectivity index (χ1n) is 6.49. The number of pyridine rings is 1. The summed E-state index contributed by atoms with van der Waals surface area (Å²) in [4.78, 5) is 4.48. The van der Waals surface area contributed by atoms with Gasteiger partial charge in [-0.25, -0.2) is 4.98 Å². The summed E-state index contributed by atoms with van der Waals surface area (Å²) in [5.41, 5.74) is 2.43. The molecule has 4 heteroatoms. The topological polar surface area (TPSA) is 39.1 Å². The van der Waals surface area contributed by atoms with Gasteiger partial charge >= 0.3 is 0 Å². The lowest BCUT2D eigenvalue weighted by Gasteiger charge is -2.22. The molecule has 1 aliphatic heterocycles. The number of nitrogens with zero attached hydrogens (tertiary/aromatic N) is 2. The minimum Gasteiger partial charge on any atom is -0.495 e. The van der Waals surface area contributed by atoms with E-state index in [1.807, 2.05) is 0 Å². The van der Waals surface area contributed by atoms with Gasteiger partial charge in [-0.2, -0.15) is 0 Å². The number of piperidine rings is 1. The van der Waals surface area contributed by atoms with E-state index in [0.29, 0.717) is 5.92 Å². The predicted molar refractivity (Wildman–Crippen MR) is 72.1 cm³/mol. The van der Waals surface area contributed by atoms with Crippen LogP contribution >= 0.6 is 0 Å². The Morgan fingerprint density at radius 1 is 1.50 bits per heavy atom. The van der Waals surface area contributed by atoms with Gasteiger partial charge in [-0.05, 0) is 36.9 Å². The molecule has 2 aromatic rings. The standard InChI is InChI=1S/C14H19N3O/c1-17-9-13(10-4-3-5-15-7-10)12-6-11(18-2)8-16-14(12)17/h6,8-10,15H,3-5,7H2,1-2H3. The van der Waals surface area contributed by atoms with E-state index in [4.69, 9.17) is 4.74 Å². The van der Waals surface area contributed by atoms with E-state index in [1.165, 1.54) is 23.8 Å². The van der Waals surface area contributed by atoms with E-state index in [9.17, 15) is 0 Å². The number of nitrogens with one attached hydrogen (secondary N) is 1. The summed E-state index contributed by atoms with van der Waals surface area (Å²) in [6.45, 7) is 2.21. The molecule has 1 unspecified atom stereocenters. The van der Waals surface area contributed by atoms with Gasteiger partial charge in [0.1, 0.15) is 11.4 Å². The van der Waals surface area contributed by atoms with Crippen LogP contribution in [0.5, 0.6) is 5.75 Å². The maximum absolute atomic E-state index is 5.29. The molecule has 18 heavy (non-hydrogen) atoms. The predicted octanol–water partition coefficient (Wildman–Crippen LogP) is 2.05. The first-order valence-corrected chi connectivity index (χ1v) is 6.49. The molecule has 3 heterocycles. The third-order valence-electron chi connectivity index (χ3n) is 3.79. The molecule has 1 N–H and O–H groups in total. The molecule has 96 valence electrons. The maximum Gasteiger partial charge on any atom is 0.140 e. The highest BCUT2D eigenvalue weighted by Gasteiger charge is 2.20. The summed E-state index contributed by atoms with van der Waals surface area (Å²) in [5.74, 6) is 1.43. The Kier molecular flexibility index (Phi) is 2.96. The molecule has 0 amide bonds. The summed E-state index contributed by atoms with van der Waals surface area (Å²) in [6.07, 6.45) is 6.50. The summed E-state index contributed by atoms with van der Waals surface area (Å²) in [5, 5.41) is 4.70. The quantitative estimate of drug-likeness (QED) is 0.880. The maximum atomic E-state index is 5.29. The Labute approximate surface area is 107 Å². The van der Waals surface area contributed by atoms with Crippen LogP contribution in [-0.4, -0.2) is 29.8 Å². The Hall–Kier alpha value is -1.55. The third-order valence-corrected chi connectivity index (χ3v) is 3.79. The fourth-order valence-corrected chi connectivity index (χ4v) is 2.83. The summed E-state index contributed by atoms with van der Waals surface area (Å²) >= 11 is 0. The molecule has 1 saturated heterocycles. The Balaban J connectivity index is 2.09. The first kappa shape index (κ1) is 11.5. The number of methoxy groups -OCH3 is 1. The van der Waals surface area contributed by atoms with Crippen LogP contribution in [-0.2, 0) is 7.05 Å². The Bertz CT molecular complexity index is 555. The molecular weight excluding hydrogens is 226 g/mol. The number of hydrogen-bond acceptors (Lipinski definition) is 3. The van der Waals surface area contributed by atoms with E-state index in [-0.39, 0.29) is 0 Å². The average Bonchev–Trinajstić information content (AvgIpc) is 2.76. The molecule has 0 radical (unpaired) electrons. The van der Waals surface area contributed by atoms with Gasteiger partial charge in [-0.1, -0.05) is 0 Å². The molecule has 1 aliphatic rings. The van der Waals surface area contributed by atoms with Gasteiger partial charge < -0.3 is 14.6 Å². The molecule has 4 nitrogen and oxygen atoms in total. The van der Waals surface area contributed by atoms with Crippen molar-refractivity contribution in [3.05, 3.63) is 24.0 Å². The molecule has 3 rings (SSSR count). The number of ether oxygens (including phenoxy) is 1. The first-order chi connectivity index (χ1) is 8.79. The Morgan fingerprint density at radius 2 is 2.39 bits per heavy atom. The van der Waals surface area contributed by atoms with E-state index < -0.39 is 0 Å². The fourth-order valence-electron chi connectivity index (χ4n) is 2.83. The smallest absolute Gasteiger partial charge is 0.140 e. The van der Waals surface area contributed by atoms with Crippen molar-refractivity contribution in [3.63, 3.8) is 0 Å². The van der Waals surface area contributed by atoms with Gasteiger partial charge in [-0.15, -0.1) is 0 Å². The number of aromatic nitrogens is 2. The van der Waals surface area contributed by atoms with Gasteiger partial charge in [0, 0.05) is 25.2 Å². The minimum atomic E-state index is 0.594. The van der Waals surface area contributed by atoms with Gasteiger partial charge in [-0.3, -0.25) is 0 Å². The number of hydrogen-bond donors (Lipinski definition) is 1. The summed E-state index contributed by atoms with van der Waals surface area (Å²) in [6, 6.07) is 2.10. The zero-order chi connectivity index (χ0) is 12.5. The van der Waals surface area contributed by atoms with Crippen molar-refractivity contribution in [2.24, 2.45) is 7.05 Å². The monoisotopic (exact) mass is 245 g/mol. The zero-order valence-corrected chi connectivity index (χ0v) is 10.9. The van der Waals surface area contributed by atoms with Crippen molar-refractivity contribution >= 4 is 11.0 Å². The van der Waals surface area contributed by atoms with E-state index >= 15 is 0 Å². The highest BCUT2D eigenvalue weighted by atomic mass is 16.5. The molecule has 0 spiro atoms. The molecule has 1 fully saturated rings. The molecule has 0 saturated carbocycles. The van der Waals surface area contributed by atoms with Crippen LogP contribution in [0, 0.1) is 0 Å². The van der Waals surface area contributed by atoms with Gasteiger partial charge in [0.25, 0.3) is 0 Å². The molecule has 0 aliphatic carbocycles. The lowest BCUT2D eigenvalue weighted by molar-refractivity contribution is 0.413. The minimum absolute atomic E-state index is 0.594. The van der Waals surface area contributed by atoms with Crippen LogP contribution in [0.15, 0.2) is 18.5 Å². The summed E-state index contributed by atoms with van der Waals surface area (Å²) < 4.78 is 7.40. The second kappa shape index (κ2) is 4.61. The highest BCUT2D eigenvalue weighted by molar-refractivity contribution is 5.82. The van der Waals surface area contributed by atoms with Crippen LogP contribution in [0.3, 0.4) is 0 Å². The third kappa shape index (κ3) is 1.86. The second-order valence-electron chi connectivity index (χ2n) is 4.98. The van der Waals surface area contributed by atoms with Crippen LogP contribution in [0.25, 0.3) is 11.0 Å².